The number of methoxy groups -OCH3 is 1. The lowest BCUT2D eigenvalue weighted by atomic mass is 9.73. The lowest BCUT2D eigenvalue weighted by Gasteiger charge is -2.41. The topological polar surface area (TPSA) is 59.5 Å². The number of nitrogens with zero attached hydrogens (tertiary/aromatic N) is 2. The Labute approximate surface area is 221 Å². The fraction of sp³-hybridized carbons (Fsp3) is 0.500. The molecule has 180 valence electrons. The number of aryl methyl sites for hydroxylation is 2. The molecular formula is C26H27Br2ClN2O3. The molecule has 1 aromatic carbocycles. The molecule has 5 rings (SSSR count). The summed E-state index contributed by atoms with van der Waals surface area (Å²) in [5, 5.41) is 0.746. The molecule has 1 aliphatic heterocycles. The second kappa shape index (κ2) is 9.90. The summed E-state index contributed by atoms with van der Waals surface area (Å²) in [4.78, 5) is 31.6. The van der Waals surface area contributed by atoms with Crippen molar-refractivity contribution >= 4 is 55.3 Å². The van der Waals surface area contributed by atoms with Gasteiger partial charge in [0.25, 0.3) is 0 Å². The number of benzene rings is 1. The highest BCUT2D eigenvalue weighted by atomic mass is 79.9. The zero-order chi connectivity index (χ0) is 24.0. The minimum Gasteiger partial charge on any atom is -0.469 e. The lowest BCUT2D eigenvalue weighted by molar-refractivity contribution is -0.154. The van der Waals surface area contributed by atoms with Crippen LogP contribution in [-0.2, 0) is 27.2 Å². The van der Waals surface area contributed by atoms with Crippen molar-refractivity contribution in [3.05, 3.63) is 60.7 Å². The van der Waals surface area contributed by atoms with E-state index in [1.807, 2.05) is 17.2 Å². The van der Waals surface area contributed by atoms with Gasteiger partial charge in [-0.1, -0.05) is 27.5 Å². The van der Waals surface area contributed by atoms with Gasteiger partial charge in [-0.3, -0.25) is 14.6 Å². The Morgan fingerprint density at radius 1 is 1.06 bits per heavy atom. The van der Waals surface area contributed by atoms with Crippen LogP contribution in [0.25, 0.3) is 0 Å². The van der Waals surface area contributed by atoms with Crippen LogP contribution in [0.2, 0.25) is 5.02 Å². The van der Waals surface area contributed by atoms with Crippen molar-refractivity contribution in [2.75, 3.05) is 20.2 Å². The van der Waals surface area contributed by atoms with E-state index in [9.17, 15) is 9.59 Å². The third kappa shape index (κ3) is 4.56. The van der Waals surface area contributed by atoms with Gasteiger partial charge >= 0.3 is 5.97 Å². The molecule has 2 aliphatic carbocycles. The quantitative estimate of drug-likeness (QED) is 0.405. The Balaban J connectivity index is 1.36. The Morgan fingerprint density at radius 2 is 1.76 bits per heavy atom. The van der Waals surface area contributed by atoms with Crippen LogP contribution in [0.5, 0.6) is 0 Å². The van der Waals surface area contributed by atoms with E-state index >= 15 is 0 Å². The first-order chi connectivity index (χ1) is 16.4. The molecule has 0 spiro atoms. The van der Waals surface area contributed by atoms with Gasteiger partial charge in [-0.2, -0.15) is 0 Å². The molecule has 5 nitrogen and oxygen atoms in total. The number of carbonyl (C=O) groups is 2. The molecule has 1 saturated heterocycles. The number of ether oxygens (including phenoxy) is 1. The molecule has 1 atom stereocenters. The van der Waals surface area contributed by atoms with E-state index in [0.717, 1.165) is 58.4 Å². The van der Waals surface area contributed by atoms with Crippen LogP contribution in [0.1, 0.15) is 54.0 Å². The maximum atomic E-state index is 13.0. The molecule has 0 unspecified atom stereocenters. The molecule has 34 heavy (non-hydrogen) atoms. The number of likely N-dealkylation sites (tertiary alicyclic amines) is 1. The van der Waals surface area contributed by atoms with Gasteiger partial charge < -0.3 is 9.64 Å². The first kappa shape index (κ1) is 24.3. The van der Waals surface area contributed by atoms with Crippen molar-refractivity contribution in [1.82, 2.24) is 9.88 Å². The smallest absolute Gasteiger partial charge is 0.308 e. The number of halogens is 3. The summed E-state index contributed by atoms with van der Waals surface area (Å²) in [6.45, 7) is 1.48. The summed E-state index contributed by atoms with van der Waals surface area (Å²) >= 11 is 13.8. The van der Waals surface area contributed by atoms with E-state index in [2.05, 4.69) is 44.0 Å². The van der Waals surface area contributed by atoms with Crippen molar-refractivity contribution in [1.29, 1.82) is 0 Å². The summed E-state index contributed by atoms with van der Waals surface area (Å²) in [6.07, 6.45) is 6.83. The number of aromatic nitrogens is 1. The van der Waals surface area contributed by atoms with E-state index in [4.69, 9.17) is 21.3 Å². The summed E-state index contributed by atoms with van der Waals surface area (Å²) in [7, 11) is 1.41. The number of hydrogen-bond donors (Lipinski definition) is 0. The zero-order valence-electron chi connectivity index (χ0n) is 19.0. The van der Waals surface area contributed by atoms with Gasteiger partial charge in [-0.15, -0.1) is 0 Å². The van der Waals surface area contributed by atoms with E-state index in [0.29, 0.717) is 18.8 Å². The third-order valence-corrected chi connectivity index (χ3v) is 9.07. The number of esters is 1. The van der Waals surface area contributed by atoms with Gasteiger partial charge in [0.1, 0.15) is 0 Å². The van der Waals surface area contributed by atoms with Crippen LogP contribution in [0.4, 0.5) is 0 Å². The summed E-state index contributed by atoms with van der Waals surface area (Å²) in [6, 6.07) is 6.29. The average Bonchev–Trinajstić information content (AvgIpc) is 2.94. The van der Waals surface area contributed by atoms with Crippen LogP contribution in [0.3, 0.4) is 0 Å². The van der Waals surface area contributed by atoms with Gasteiger partial charge in [-0.05, 0) is 95.3 Å². The van der Waals surface area contributed by atoms with Crippen LogP contribution in [0.15, 0.2) is 33.3 Å². The number of pyridine rings is 1. The van der Waals surface area contributed by atoms with Gasteiger partial charge in [0.2, 0.25) is 5.91 Å². The van der Waals surface area contributed by atoms with Gasteiger partial charge in [0.05, 0.1) is 18.7 Å². The normalized spacial score (nSPS) is 24.5. The fourth-order valence-corrected chi connectivity index (χ4v) is 7.42. The second-order valence-corrected chi connectivity index (χ2v) is 11.9. The Hall–Kier alpha value is -1.44. The first-order valence-corrected chi connectivity index (χ1v) is 13.8. The molecule has 1 saturated carbocycles. The molecular weight excluding hydrogens is 584 g/mol. The number of fused-ring (bicyclic) bond motifs is 2. The number of rotatable bonds is 3. The van der Waals surface area contributed by atoms with Gasteiger partial charge in [0, 0.05) is 45.1 Å². The third-order valence-electron chi connectivity index (χ3n) is 7.76. The fourth-order valence-electron chi connectivity index (χ4n) is 5.92. The van der Waals surface area contributed by atoms with Crippen molar-refractivity contribution in [2.24, 2.45) is 17.8 Å². The van der Waals surface area contributed by atoms with Crippen molar-refractivity contribution in [3.8, 4) is 0 Å². The molecule has 0 N–H and O–H groups in total. The van der Waals surface area contributed by atoms with Crippen LogP contribution >= 0.6 is 43.5 Å². The highest BCUT2D eigenvalue weighted by Gasteiger charge is 2.43. The summed E-state index contributed by atoms with van der Waals surface area (Å²) in [5.74, 6) is 0.376. The van der Waals surface area contributed by atoms with Crippen molar-refractivity contribution in [2.45, 2.75) is 44.4 Å². The highest BCUT2D eigenvalue weighted by Crippen LogP contribution is 2.46. The van der Waals surface area contributed by atoms with Gasteiger partial charge in [-0.25, -0.2) is 0 Å². The molecule has 2 heterocycles. The first-order valence-electron chi connectivity index (χ1n) is 11.8. The lowest BCUT2D eigenvalue weighted by Crippen LogP contribution is -2.47. The monoisotopic (exact) mass is 608 g/mol. The minimum atomic E-state index is -0.196. The standard InChI is InChI=1S/C26H27Br2ClN2O3/c1-34-26(33)18-8-17(9-18)25(32)31-6-4-14(5-7-31)23-22-15(11-20(29)12-21(22)28)2-3-16-10-19(27)13-30-24(16)23/h10-14,17-18,23H,2-9H2,1H3/t17?,18?,23-/m1/s1. The van der Waals surface area contributed by atoms with E-state index in [1.165, 1.54) is 23.8 Å². The molecule has 1 amide bonds. The van der Waals surface area contributed by atoms with Crippen molar-refractivity contribution in [3.63, 3.8) is 0 Å². The Morgan fingerprint density at radius 3 is 2.47 bits per heavy atom. The molecule has 0 bridgehead atoms. The van der Waals surface area contributed by atoms with Crippen molar-refractivity contribution < 1.29 is 14.3 Å². The maximum absolute atomic E-state index is 13.0. The van der Waals surface area contributed by atoms with Crippen LogP contribution < -0.4 is 0 Å². The summed E-state index contributed by atoms with van der Waals surface area (Å²) in [5.41, 5.74) is 5.00. The van der Waals surface area contributed by atoms with E-state index < -0.39 is 0 Å². The molecule has 1 aromatic heterocycles. The molecule has 2 aromatic rings. The number of carbonyl (C=O) groups excluding carboxylic acids is 2. The number of hydrogen-bond acceptors (Lipinski definition) is 4. The number of piperidine rings is 1. The van der Waals surface area contributed by atoms with Crippen LogP contribution in [-0.4, -0.2) is 42.0 Å². The molecule has 2 fully saturated rings. The molecule has 3 aliphatic rings. The summed E-state index contributed by atoms with van der Waals surface area (Å²) < 4.78 is 6.86. The zero-order valence-corrected chi connectivity index (χ0v) is 23.0. The Kier molecular flexibility index (Phi) is 7.07. The largest absolute Gasteiger partial charge is 0.469 e. The van der Waals surface area contributed by atoms with Crippen LogP contribution in [0, 0.1) is 17.8 Å². The number of amides is 1. The van der Waals surface area contributed by atoms with Gasteiger partial charge in [0.15, 0.2) is 0 Å². The second-order valence-electron chi connectivity index (χ2n) is 9.69. The molecule has 0 radical (unpaired) electrons. The molecule has 8 heteroatoms. The Bertz CT molecular complexity index is 1130. The highest BCUT2D eigenvalue weighted by molar-refractivity contribution is 9.10. The predicted octanol–water partition coefficient (Wildman–Crippen LogP) is 5.93. The maximum Gasteiger partial charge on any atom is 0.308 e. The average molecular weight is 611 g/mol. The predicted molar refractivity (Wildman–Crippen MR) is 138 cm³/mol. The minimum absolute atomic E-state index is 0.0460. The van der Waals surface area contributed by atoms with E-state index in [-0.39, 0.29) is 29.6 Å². The SMILES string of the molecule is COC(=O)C1CC(C(=O)N2CCC([C@H]3c4ncc(Br)cc4CCc4cc(Cl)cc(Br)c43)CC2)C1. The van der Waals surface area contributed by atoms with E-state index in [1.54, 1.807) is 0 Å².